The van der Waals surface area contributed by atoms with Gasteiger partial charge >= 0.3 is 10.4 Å². The van der Waals surface area contributed by atoms with Crippen LogP contribution in [0.1, 0.15) is 12.8 Å². The molecule has 2 aliphatic rings. The summed E-state index contributed by atoms with van der Waals surface area (Å²) in [6.45, 7) is 2.62. The zero-order valence-corrected chi connectivity index (χ0v) is 7.99. The monoisotopic (exact) mass is 208 g/mol. The standard InChI is InChI=1S/C6H12N2O4S/c9-13(10,11-7-3-1-4-7)12-8-5-2-6-8/h1-6H2. The van der Waals surface area contributed by atoms with Gasteiger partial charge in [0.2, 0.25) is 0 Å². The maximum Gasteiger partial charge on any atom is 0.432 e. The van der Waals surface area contributed by atoms with Crippen molar-refractivity contribution in [3.8, 4) is 0 Å². The fraction of sp³-hybridized carbons (Fsp3) is 1.00. The summed E-state index contributed by atoms with van der Waals surface area (Å²) in [7, 11) is -3.85. The molecule has 0 atom stereocenters. The summed E-state index contributed by atoms with van der Waals surface area (Å²) in [5, 5.41) is 2.74. The van der Waals surface area contributed by atoms with Crippen LogP contribution in [0.25, 0.3) is 0 Å². The number of rotatable bonds is 4. The van der Waals surface area contributed by atoms with Crippen molar-refractivity contribution in [1.82, 2.24) is 10.1 Å². The second-order valence-corrected chi connectivity index (χ2v) is 4.24. The Hall–Kier alpha value is -0.210. The van der Waals surface area contributed by atoms with E-state index in [-0.39, 0.29) is 0 Å². The largest absolute Gasteiger partial charge is 0.432 e. The van der Waals surface area contributed by atoms with Crippen LogP contribution in [-0.2, 0) is 19.0 Å². The molecular formula is C6H12N2O4S. The van der Waals surface area contributed by atoms with Gasteiger partial charge in [-0.15, -0.1) is 0 Å². The van der Waals surface area contributed by atoms with Crippen molar-refractivity contribution >= 4 is 10.4 Å². The number of nitrogens with zero attached hydrogens (tertiary/aromatic N) is 2. The summed E-state index contributed by atoms with van der Waals surface area (Å²) in [6.07, 6.45) is 1.94. The molecule has 0 unspecified atom stereocenters. The van der Waals surface area contributed by atoms with E-state index in [1.807, 2.05) is 0 Å². The molecule has 0 aromatic carbocycles. The van der Waals surface area contributed by atoms with Gasteiger partial charge in [-0.3, -0.25) is 0 Å². The minimum absolute atomic E-state index is 0.655. The summed E-state index contributed by atoms with van der Waals surface area (Å²) in [6, 6.07) is 0. The molecule has 2 heterocycles. The lowest BCUT2D eigenvalue weighted by molar-refractivity contribution is -0.157. The third-order valence-electron chi connectivity index (χ3n) is 2.02. The molecule has 7 heteroatoms. The first-order valence-electron chi connectivity index (χ1n) is 4.30. The van der Waals surface area contributed by atoms with E-state index in [1.54, 1.807) is 0 Å². The van der Waals surface area contributed by atoms with E-state index in [0.717, 1.165) is 12.8 Å². The van der Waals surface area contributed by atoms with Gasteiger partial charge < -0.3 is 0 Å². The highest BCUT2D eigenvalue weighted by molar-refractivity contribution is 7.81. The van der Waals surface area contributed by atoms with Crippen LogP contribution in [-0.4, -0.2) is 44.7 Å². The van der Waals surface area contributed by atoms with Crippen LogP contribution < -0.4 is 0 Å². The SMILES string of the molecule is O=S(=O)(ON1CCC1)ON1CCC1. The van der Waals surface area contributed by atoms with Crippen LogP contribution in [0, 0.1) is 0 Å². The van der Waals surface area contributed by atoms with E-state index < -0.39 is 10.4 Å². The van der Waals surface area contributed by atoms with Gasteiger partial charge in [0.15, 0.2) is 0 Å². The normalized spacial score (nSPS) is 25.2. The summed E-state index contributed by atoms with van der Waals surface area (Å²) in [4.78, 5) is 0. The number of hydroxylamine groups is 4. The van der Waals surface area contributed by atoms with Gasteiger partial charge in [0, 0.05) is 26.2 Å². The van der Waals surface area contributed by atoms with E-state index in [2.05, 4.69) is 8.57 Å². The molecule has 0 bridgehead atoms. The molecule has 0 radical (unpaired) electrons. The smallest absolute Gasteiger partial charge is 0.169 e. The molecule has 76 valence electrons. The highest BCUT2D eigenvalue weighted by Gasteiger charge is 2.28. The van der Waals surface area contributed by atoms with Gasteiger partial charge in [0.05, 0.1) is 0 Å². The first-order valence-corrected chi connectivity index (χ1v) is 5.63. The van der Waals surface area contributed by atoms with Crippen molar-refractivity contribution < 1.29 is 17.0 Å². The maximum absolute atomic E-state index is 11.1. The zero-order valence-electron chi connectivity index (χ0n) is 7.18. The highest BCUT2D eigenvalue weighted by Crippen LogP contribution is 2.14. The van der Waals surface area contributed by atoms with Crippen LogP contribution in [0.3, 0.4) is 0 Å². The second kappa shape index (κ2) is 3.50. The van der Waals surface area contributed by atoms with E-state index in [9.17, 15) is 8.42 Å². The Morgan fingerprint density at radius 3 is 1.46 bits per heavy atom. The van der Waals surface area contributed by atoms with Crippen LogP contribution in [0.4, 0.5) is 0 Å². The molecule has 0 saturated carbocycles. The van der Waals surface area contributed by atoms with Crippen LogP contribution >= 0.6 is 0 Å². The molecule has 0 N–H and O–H groups in total. The van der Waals surface area contributed by atoms with Crippen molar-refractivity contribution in [2.24, 2.45) is 0 Å². The van der Waals surface area contributed by atoms with E-state index in [1.165, 1.54) is 10.1 Å². The minimum atomic E-state index is -3.85. The molecule has 0 amide bonds. The predicted octanol–water partition coefficient (Wildman–Crippen LogP) is -0.494. The molecule has 0 aromatic heterocycles. The molecule has 2 saturated heterocycles. The van der Waals surface area contributed by atoms with Crippen molar-refractivity contribution in [2.45, 2.75) is 12.8 Å². The summed E-state index contributed by atoms with van der Waals surface area (Å²) in [5.74, 6) is 0. The summed E-state index contributed by atoms with van der Waals surface area (Å²) >= 11 is 0. The molecular weight excluding hydrogens is 196 g/mol. The Kier molecular flexibility index (Phi) is 2.52. The molecule has 6 nitrogen and oxygen atoms in total. The Labute approximate surface area is 77.3 Å². The Bertz CT molecular complexity index is 248. The van der Waals surface area contributed by atoms with Gasteiger partial charge in [-0.1, -0.05) is 0 Å². The van der Waals surface area contributed by atoms with Crippen molar-refractivity contribution in [3.05, 3.63) is 0 Å². The van der Waals surface area contributed by atoms with E-state index >= 15 is 0 Å². The molecule has 0 spiro atoms. The topological polar surface area (TPSA) is 59.1 Å². The third kappa shape index (κ3) is 2.38. The van der Waals surface area contributed by atoms with Gasteiger partial charge in [0.25, 0.3) is 0 Å². The van der Waals surface area contributed by atoms with E-state index in [0.29, 0.717) is 26.2 Å². The quantitative estimate of drug-likeness (QED) is 0.621. The summed E-state index contributed by atoms with van der Waals surface area (Å²) < 4.78 is 31.5. The third-order valence-corrected chi connectivity index (χ3v) is 2.81. The Morgan fingerprint density at radius 1 is 0.846 bits per heavy atom. The highest BCUT2D eigenvalue weighted by atomic mass is 32.3. The lowest BCUT2D eigenvalue weighted by atomic mass is 10.3. The van der Waals surface area contributed by atoms with Crippen molar-refractivity contribution in [2.75, 3.05) is 26.2 Å². The van der Waals surface area contributed by atoms with Crippen molar-refractivity contribution in [1.29, 1.82) is 0 Å². The first kappa shape index (κ1) is 9.35. The fourth-order valence-corrected chi connectivity index (χ4v) is 1.84. The Balaban J connectivity index is 1.79. The van der Waals surface area contributed by atoms with Crippen molar-refractivity contribution in [3.63, 3.8) is 0 Å². The maximum atomic E-state index is 11.1. The molecule has 2 aliphatic heterocycles. The van der Waals surface area contributed by atoms with Gasteiger partial charge in [-0.05, 0) is 12.8 Å². The predicted molar refractivity (Wildman–Crippen MR) is 43.5 cm³/mol. The zero-order chi connectivity index (χ0) is 9.31. The number of hydrogen-bond acceptors (Lipinski definition) is 6. The van der Waals surface area contributed by atoms with E-state index in [4.69, 9.17) is 0 Å². The molecule has 13 heavy (non-hydrogen) atoms. The average Bonchev–Trinajstić information content (AvgIpc) is 1.90. The summed E-state index contributed by atoms with van der Waals surface area (Å²) in [5.41, 5.74) is 0. The van der Waals surface area contributed by atoms with Crippen LogP contribution in [0.2, 0.25) is 0 Å². The molecule has 0 aliphatic carbocycles. The second-order valence-electron chi connectivity index (χ2n) is 3.12. The van der Waals surface area contributed by atoms with Gasteiger partial charge in [-0.25, -0.2) is 0 Å². The molecule has 2 fully saturated rings. The fourth-order valence-electron chi connectivity index (χ4n) is 0.995. The molecule has 0 aromatic rings. The lowest BCUT2D eigenvalue weighted by Gasteiger charge is -2.31. The van der Waals surface area contributed by atoms with Gasteiger partial charge in [0.1, 0.15) is 0 Å². The number of hydrogen-bond donors (Lipinski definition) is 0. The van der Waals surface area contributed by atoms with Gasteiger partial charge in [-0.2, -0.15) is 27.1 Å². The minimum Gasteiger partial charge on any atom is -0.169 e. The molecule has 2 rings (SSSR count). The average molecular weight is 208 g/mol. The Morgan fingerprint density at radius 2 is 1.23 bits per heavy atom. The first-order chi connectivity index (χ1) is 6.16. The lowest BCUT2D eigenvalue weighted by Crippen LogP contribution is -2.43. The van der Waals surface area contributed by atoms with Crippen LogP contribution in [0.15, 0.2) is 0 Å². The van der Waals surface area contributed by atoms with Crippen LogP contribution in [0.5, 0.6) is 0 Å².